The summed E-state index contributed by atoms with van der Waals surface area (Å²) in [4.78, 5) is 82.2. The van der Waals surface area contributed by atoms with Crippen LogP contribution in [0.15, 0.2) is 54.7 Å². The van der Waals surface area contributed by atoms with E-state index < -0.39 is 17.5 Å². The number of anilines is 2. The van der Waals surface area contributed by atoms with Crippen molar-refractivity contribution in [3.05, 3.63) is 77.2 Å². The number of hydrogen-bond acceptors (Lipinski definition) is 16. The lowest BCUT2D eigenvalue weighted by molar-refractivity contribution is -0.136. The molecule has 2 bridgehead atoms. The minimum absolute atomic E-state index is 0.0373. The van der Waals surface area contributed by atoms with Gasteiger partial charge in [0.15, 0.2) is 12.6 Å². The molecule has 19 nitrogen and oxygen atoms in total. The number of nitrogens with zero attached hydrogens (tertiary/aromatic N) is 10. The van der Waals surface area contributed by atoms with Crippen molar-refractivity contribution in [3.63, 3.8) is 0 Å². The monoisotopic (exact) mass is 1150 g/mol. The van der Waals surface area contributed by atoms with Crippen LogP contribution in [0.2, 0.25) is 0 Å². The van der Waals surface area contributed by atoms with Crippen LogP contribution in [0.5, 0.6) is 11.8 Å². The van der Waals surface area contributed by atoms with E-state index in [2.05, 4.69) is 48.9 Å². The first-order valence-electron chi connectivity index (χ1n) is 30.8. The van der Waals surface area contributed by atoms with Crippen LogP contribution in [-0.2, 0) is 32.0 Å². The van der Waals surface area contributed by atoms with Gasteiger partial charge in [-0.1, -0.05) is 25.1 Å². The Balaban J connectivity index is 0.644. The van der Waals surface area contributed by atoms with Gasteiger partial charge in [0.05, 0.1) is 24.1 Å². The topological polar surface area (TPSA) is 179 Å². The van der Waals surface area contributed by atoms with E-state index >= 15 is 4.39 Å². The predicted octanol–water partition coefficient (Wildman–Crippen LogP) is 7.79. The third-order valence-electron chi connectivity index (χ3n) is 19.3. The Kier molecular flexibility index (Phi) is 15.4. The molecule has 9 heterocycles. The van der Waals surface area contributed by atoms with Gasteiger partial charge < -0.3 is 43.4 Å². The summed E-state index contributed by atoms with van der Waals surface area (Å²) in [6.07, 6.45) is 11.1. The van der Waals surface area contributed by atoms with Gasteiger partial charge in [0, 0.05) is 106 Å². The third kappa shape index (κ3) is 11.2. The molecule has 7 aliphatic heterocycles. The minimum atomic E-state index is -0.620. The number of rotatable bonds is 15. The van der Waals surface area contributed by atoms with E-state index in [1.807, 2.05) is 62.1 Å². The van der Waals surface area contributed by atoms with E-state index in [9.17, 15) is 19.2 Å². The Hall–Kier alpha value is -6.74. The molecule has 20 heteroatoms. The van der Waals surface area contributed by atoms with Crippen LogP contribution in [0.1, 0.15) is 113 Å². The molecule has 1 aliphatic carbocycles. The van der Waals surface area contributed by atoms with Crippen LogP contribution in [-0.4, -0.2) is 192 Å². The summed E-state index contributed by atoms with van der Waals surface area (Å²) < 4.78 is 41.5. The molecule has 446 valence electrons. The standard InChI is InChI=1S/C64H80FN11O8/c1-6-40-8-7-9-41-31-48(83-39-81-5)32-50(54(40)41)56-55(65)57-51(33-66-56)58(74-35-46-10-11-47(36-74)76(46)62(80)84-63(2,3)4)69-61(68-57)82-38-64(20-21-64)37-70-22-16-43(17-23-70)71-24-18-44(19-25-71)72-26-28-73(29-27-72)45-12-13-49-42(30-45)34-75(60(49)79)52-14-15-53(77)67-59(52)78/h7-9,12-13,30-33,43-44,46-47,52H,6,10-11,14-29,34-39H2,1-5H3,(H,67,77,78)/t46?,47?,52-/m0/s1. The van der Waals surface area contributed by atoms with Crippen LogP contribution in [0, 0.1) is 11.2 Å². The Labute approximate surface area is 491 Å². The normalized spacial score (nSPS) is 23.6. The molecule has 2 aromatic heterocycles. The number of carbonyl (C=O) groups excluding carboxylic acids is 4. The first-order chi connectivity index (χ1) is 40.6. The molecule has 3 aromatic carbocycles. The first kappa shape index (κ1) is 56.4. The van der Waals surface area contributed by atoms with Gasteiger partial charge in [-0.25, -0.2) is 9.18 Å². The number of pyridine rings is 1. The zero-order valence-corrected chi connectivity index (χ0v) is 49.4. The molecule has 0 radical (unpaired) electrons. The second-order valence-electron chi connectivity index (χ2n) is 25.9. The largest absolute Gasteiger partial charge is 0.468 e. The summed E-state index contributed by atoms with van der Waals surface area (Å²) in [5.74, 6) is -0.257. The number of likely N-dealkylation sites (tertiary alicyclic amines) is 2. The average molecular weight is 1150 g/mol. The van der Waals surface area contributed by atoms with Crippen LogP contribution in [0.3, 0.4) is 0 Å². The smallest absolute Gasteiger partial charge is 0.410 e. The van der Waals surface area contributed by atoms with E-state index in [1.54, 1.807) is 18.2 Å². The van der Waals surface area contributed by atoms with Crippen molar-refractivity contribution < 1.29 is 42.5 Å². The van der Waals surface area contributed by atoms with Gasteiger partial charge in [-0.05, 0) is 163 Å². The minimum Gasteiger partial charge on any atom is -0.468 e. The molecular formula is C64H80FN11O8. The molecule has 84 heavy (non-hydrogen) atoms. The van der Waals surface area contributed by atoms with Gasteiger partial charge in [0.2, 0.25) is 11.8 Å². The molecule has 7 fully saturated rings. The maximum atomic E-state index is 17.8. The number of imide groups is 1. The van der Waals surface area contributed by atoms with Gasteiger partial charge in [0.1, 0.15) is 34.4 Å². The highest BCUT2D eigenvalue weighted by Crippen LogP contribution is 2.48. The molecule has 5 aromatic rings. The molecule has 13 rings (SSSR count). The Morgan fingerprint density at radius 1 is 0.798 bits per heavy atom. The van der Waals surface area contributed by atoms with E-state index in [0.717, 1.165) is 131 Å². The number of methoxy groups -OCH3 is 1. The number of ether oxygens (including phenoxy) is 4. The van der Waals surface area contributed by atoms with Crippen molar-refractivity contribution in [1.29, 1.82) is 0 Å². The number of carbonyl (C=O) groups is 4. The number of amides is 4. The van der Waals surface area contributed by atoms with Crippen LogP contribution in [0.25, 0.3) is 32.9 Å². The average Bonchev–Trinajstić information content (AvgIpc) is 2.95. The first-order valence-corrected chi connectivity index (χ1v) is 30.8. The molecule has 4 amide bonds. The van der Waals surface area contributed by atoms with Crippen molar-refractivity contribution in [2.24, 2.45) is 5.41 Å². The number of aryl methyl sites for hydroxylation is 1. The third-order valence-corrected chi connectivity index (χ3v) is 19.3. The highest BCUT2D eigenvalue weighted by molar-refractivity contribution is 6.06. The van der Waals surface area contributed by atoms with Crippen LogP contribution in [0.4, 0.5) is 20.7 Å². The van der Waals surface area contributed by atoms with Crippen molar-refractivity contribution in [3.8, 4) is 23.0 Å². The second-order valence-corrected chi connectivity index (χ2v) is 25.9. The fraction of sp³-hybridized carbons (Fsp3) is 0.578. The summed E-state index contributed by atoms with van der Waals surface area (Å²) in [6.45, 7) is 18.8. The van der Waals surface area contributed by atoms with Crippen LogP contribution >= 0.6 is 0 Å². The molecule has 3 atom stereocenters. The molecule has 0 spiro atoms. The van der Waals surface area contributed by atoms with Gasteiger partial charge in [-0.15, -0.1) is 0 Å². The number of benzene rings is 3. The van der Waals surface area contributed by atoms with Gasteiger partial charge in [-0.3, -0.25) is 34.5 Å². The molecule has 6 saturated heterocycles. The maximum Gasteiger partial charge on any atom is 0.410 e. The van der Waals surface area contributed by atoms with Gasteiger partial charge in [-0.2, -0.15) is 9.97 Å². The van der Waals surface area contributed by atoms with Crippen LogP contribution < -0.4 is 24.6 Å². The highest BCUT2D eigenvalue weighted by atomic mass is 19.1. The van der Waals surface area contributed by atoms with Gasteiger partial charge in [0.25, 0.3) is 5.91 Å². The summed E-state index contributed by atoms with van der Waals surface area (Å²) in [5.41, 5.74) is 4.04. The zero-order chi connectivity index (χ0) is 58.0. The number of fused-ring (bicyclic) bond motifs is 5. The number of piperazine rings is 2. The second kappa shape index (κ2) is 22.9. The van der Waals surface area contributed by atoms with E-state index in [4.69, 9.17) is 33.9 Å². The summed E-state index contributed by atoms with van der Waals surface area (Å²) in [6, 6.07) is 16.4. The lowest BCUT2D eigenvalue weighted by atomic mass is 9.95. The Morgan fingerprint density at radius 2 is 1.52 bits per heavy atom. The van der Waals surface area contributed by atoms with E-state index in [1.165, 1.54) is 12.8 Å². The van der Waals surface area contributed by atoms with E-state index in [0.29, 0.717) is 72.8 Å². The Bertz CT molecular complexity index is 3330. The number of piperidine rings is 3. The molecule has 8 aliphatic rings. The van der Waals surface area contributed by atoms with Gasteiger partial charge >= 0.3 is 12.1 Å². The summed E-state index contributed by atoms with van der Waals surface area (Å²) >= 11 is 0. The molecule has 2 unspecified atom stereocenters. The number of halogens is 1. The SMILES string of the molecule is CCc1cccc2cc(OCOC)cc(-c3ncc4c(N5CC6CCC(C5)N6C(=O)OC(C)(C)C)nc(OCC5(CN6CCC(N7CCC(N8CCN(c9ccc%10c(c9)CN([C@H]9CCC(=O)NC9=O)C%10=O)CC8)CC7)CC6)CC5)nc4c3F)c12. The number of nitrogens with one attached hydrogen (secondary N) is 1. The summed E-state index contributed by atoms with van der Waals surface area (Å²) in [7, 11) is 1.57. The van der Waals surface area contributed by atoms with Crippen molar-refractivity contribution in [2.45, 2.75) is 141 Å². The molecule has 1 saturated carbocycles. The lowest BCUT2D eigenvalue weighted by Gasteiger charge is -2.46. The highest BCUT2D eigenvalue weighted by Gasteiger charge is 2.48. The molecule has 1 N–H and O–H groups in total. The van der Waals surface area contributed by atoms with Crippen molar-refractivity contribution >= 4 is 57.0 Å². The fourth-order valence-corrected chi connectivity index (χ4v) is 14.8. The Morgan fingerprint density at radius 3 is 2.21 bits per heavy atom. The summed E-state index contributed by atoms with van der Waals surface area (Å²) in [5, 5.41) is 4.70. The maximum absolute atomic E-state index is 17.8. The number of aromatic nitrogens is 3. The zero-order valence-electron chi connectivity index (χ0n) is 49.4. The van der Waals surface area contributed by atoms with Crippen molar-refractivity contribution in [2.75, 3.05) is 102 Å². The van der Waals surface area contributed by atoms with Crippen molar-refractivity contribution in [1.82, 2.24) is 44.8 Å². The molecular weight excluding hydrogens is 1070 g/mol. The quantitative estimate of drug-likeness (QED) is 0.0793. The number of hydrogen-bond donors (Lipinski definition) is 1. The van der Waals surface area contributed by atoms with E-state index in [-0.39, 0.29) is 71.7 Å². The fourth-order valence-electron chi connectivity index (χ4n) is 14.8. The lowest BCUT2D eigenvalue weighted by Crippen LogP contribution is -2.57. The predicted molar refractivity (Wildman–Crippen MR) is 317 cm³/mol.